The number of amides is 1. The molecule has 0 radical (unpaired) electrons. The molecule has 0 bridgehead atoms. The number of rotatable bonds is 4. The topological polar surface area (TPSA) is 92.2 Å². The number of nitrogens with zero attached hydrogens (tertiary/aromatic N) is 3. The fourth-order valence-corrected chi connectivity index (χ4v) is 4.21. The van der Waals surface area contributed by atoms with Gasteiger partial charge in [0.25, 0.3) is 5.56 Å². The van der Waals surface area contributed by atoms with Crippen molar-refractivity contribution in [3.8, 4) is 0 Å². The Balaban J connectivity index is 0.00000158. The molecule has 1 fully saturated rings. The summed E-state index contributed by atoms with van der Waals surface area (Å²) in [5.74, 6) is 0.687. The van der Waals surface area contributed by atoms with E-state index in [0.29, 0.717) is 35.1 Å². The molecule has 0 saturated carbocycles. The van der Waals surface area contributed by atoms with Gasteiger partial charge in [-0.05, 0) is 51.3 Å². The maximum absolute atomic E-state index is 12.7. The van der Waals surface area contributed by atoms with E-state index in [2.05, 4.69) is 15.2 Å². The number of imidazole rings is 1. The third-order valence-corrected chi connectivity index (χ3v) is 5.73. The number of fused-ring (bicyclic) bond motifs is 1. The molecule has 9 heteroatoms. The fraction of sp³-hybridized carbons (Fsp3) is 0.480. The maximum Gasteiger partial charge on any atom is 0.407 e. The number of hydrogen-bond donors (Lipinski definition) is 2. The Bertz CT molecular complexity index is 1180. The van der Waals surface area contributed by atoms with E-state index in [4.69, 9.17) is 21.3 Å². The van der Waals surface area contributed by atoms with Crippen LogP contribution in [-0.2, 0) is 11.3 Å². The van der Waals surface area contributed by atoms with Gasteiger partial charge in [-0.15, -0.1) is 0 Å². The van der Waals surface area contributed by atoms with Crippen LogP contribution < -0.4 is 15.8 Å². The lowest BCUT2D eigenvalue weighted by atomic mass is 10.1. The molecule has 1 unspecified atom stereocenters. The van der Waals surface area contributed by atoms with Gasteiger partial charge in [-0.2, -0.15) is 0 Å². The smallest absolute Gasteiger partial charge is 0.407 e. The number of halogens is 1. The van der Waals surface area contributed by atoms with Crippen LogP contribution >= 0.6 is 11.6 Å². The molecule has 8 nitrogen and oxygen atoms in total. The molecule has 2 aromatic heterocycles. The van der Waals surface area contributed by atoms with Gasteiger partial charge in [0, 0.05) is 30.4 Å². The van der Waals surface area contributed by atoms with E-state index in [1.165, 1.54) is 0 Å². The number of aromatic amines is 1. The average Bonchev–Trinajstić information content (AvgIpc) is 3.15. The molecule has 1 aliphatic heterocycles. The minimum Gasteiger partial charge on any atom is -0.444 e. The van der Waals surface area contributed by atoms with Crippen LogP contribution in [0.1, 0.15) is 53.0 Å². The molecule has 1 aromatic carbocycles. The second-order valence-corrected chi connectivity index (χ2v) is 9.47. The van der Waals surface area contributed by atoms with E-state index in [1.807, 2.05) is 63.5 Å². The number of alkyl carbamates (subject to hydrolysis) is 1. The first-order chi connectivity index (χ1) is 16.2. The second kappa shape index (κ2) is 11.0. The van der Waals surface area contributed by atoms with Crippen molar-refractivity contribution in [2.24, 2.45) is 0 Å². The Morgan fingerprint density at radius 3 is 2.71 bits per heavy atom. The van der Waals surface area contributed by atoms with Crippen LogP contribution in [0.2, 0.25) is 5.02 Å². The molecule has 3 heterocycles. The normalized spacial score (nSPS) is 16.1. The molecule has 1 amide bonds. The number of nitrogens with one attached hydrogen (secondary N) is 2. The molecule has 0 spiro atoms. The first kappa shape index (κ1) is 25.6. The number of anilines is 1. The maximum atomic E-state index is 12.7. The quantitative estimate of drug-likeness (QED) is 0.543. The summed E-state index contributed by atoms with van der Waals surface area (Å²) >= 11 is 6.41. The predicted octanol–water partition coefficient (Wildman–Crippen LogP) is 4.95. The number of carbonyl (C=O) groups is 1. The lowest BCUT2D eigenvalue weighted by molar-refractivity contribution is 0.0500. The largest absolute Gasteiger partial charge is 0.444 e. The molecular formula is C25H34ClN5O3. The zero-order valence-corrected chi connectivity index (χ0v) is 21.3. The van der Waals surface area contributed by atoms with Crippen LogP contribution in [0, 0.1) is 0 Å². The zero-order chi connectivity index (χ0) is 24.9. The first-order valence-corrected chi connectivity index (χ1v) is 12.1. The summed E-state index contributed by atoms with van der Waals surface area (Å²) in [5, 5.41) is 3.60. The van der Waals surface area contributed by atoms with Gasteiger partial charge in [0.05, 0.1) is 12.1 Å². The molecular weight excluding hydrogens is 454 g/mol. The van der Waals surface area contributed by atoms with Crippen LogP contribution in [0.15, 0.2) is 41.3 Å². The van der Waals surface area contributed by atoms with Crippen LogP contribution in [0.5, 0.6) is 0 Å². The third kappa shape index (κ3) is 6.11. The van der Waals surface area contributed by atoms with Crippen molar-refractivity contribution in [2.75, 3.05) is 18.0 Å². The summed E-state index contributed by atoms with van der Waals surface area (Å²) < 4.78 is 7.32. The van der Waals surface area contributed by atoms with Crippen molar-refractivity contribution >= 4 is 34.7 Å². The lowest BCUT2D eigenvalue weighted by Crippen LogP contribution is -2.49. The fourth-order valence-electron chi connectivity index (χ4n) is 4.02. The number of H-pyrrole nitrogens is 1. The number of aromatic nitrogens is 3. The molecule has 1 atom stereocenters. The highest BCUT2D eigenvalue weighted by Gasteiger charge is 2.28. The number of ether oxygens (including phenoxy) is 1. The Kier molecular flexibility index (Phi) is 8.25. The number of pyridine rings is 1. The average molecular weight is 488 g/mol. The van der Waals surface area contributed by atoms with Gasteiger partial charge in [0.15, 0.2) is 0 Å². The molecule has 1 saturated heterocycles. The van der Waals surface area contributed by atoms with Gasteiger partial charge < -0.3 is 24.5 Å². The number of benzene rings is 1. The minimum atomic E-state index is -0.553. The third-order valence-electron chi connectivity index (χ3n) is 5.36. The van der Waals surface area contributed by atoms with Crippen LogP contribution in [0.4, 0.5) is 10.7 Å². The van der Waals surface area contributed by atoms with E-state index in [0.717, 1.165) is 24.9 Å². The van der Waals surface area contributed by atoms with Crippen LogP contribution in [0.3, 0.4) is 0 Å². The van der Waals surface area contributed by atoms with Crippen molar-refractivity contribution in [3.05, 3.63) is 57.5 Å². The highest BCUT2D eigenvalue weighted by Crippen LogP contribution is 2.26. The van der Waals surface area contributed by atoms with Crippen LogP contribution in [0.25, 0.3) is 11.0 Å². The molecule has 4 rings (SSSR count). The summed E-state index contributed by atoms with van der Waals surface area (Å²) in [7, 11) is 0. The van der Waals surface area contributed by atoms with E-state index in [-0.39, 0.29) is 11.6 Å². The summed E-state index contributed by atoms with van der Waals surface area (Å²) in [4.78, 5) is 34.6. The summed E-state index contributed by atoms with van der Waals surface area (Å²) in [5.41, 5.74) is 1.28. The van der Waals surface area contributed by atoms with Gasteiger partial charge in [0.1, 0.15) is 11.1 Å². The van der Waals surface area contributed by atoms with E-state index < -0.39 is 11.7 Å². The molecule has 0 aliphatic carbocycles. The number of hydrogen-bond acceptors (Lipinski definition) is 5. The predicted molar refractivity (Wildman–Crippen MR) is 137 cm³/mol. The molecule has 3 aromatic rings. The highest BCUT2D eigenvalue weighted by molar-refractivity contribution is 6.31. The lowest BCUT2D eigenvalue weighted by Gasteiger charge is -2.34. The summed E-state index contributed by atoms with van der Waals surface area (Å²) in [6, 6.07) is 9.30. The molecule has 34 heavy (non-hydrogen) atoms. The Morgan fingerprint density at radius 1 is 1.26 bits per heavy atom. The number of piperidine rings is 1. The summed E-state index contributed by atoms with van der Waals surface area (Å²) in [6.07, 6.45) is 2.91. The Morgan fingerprint density at radius 2 is 2.00 bits per heavy atom. The van der Waals surface area contributed by atoms with Gasteiger partial charge in [-0.1, -0.05) is 43.6 Å². The van der Waals surface area contributed by atoms with Crippen molar-refractivity contribution in [3.63, 3.8) is 0 Å². The first-order valence-electron chi connectivity index (χ1n) is 11.8. The van der Waals surface area contributed by atoms with Crippen molar-refractivity contribution < 1.29 is 9.53 Å². The van der Waals surface area contributed by atoms with Crippen LogP contribution in [-0.4, -0.2) is 45.4 Å². The van der Waals surface area contributed by atoms with Gasteiger partial charge in [-0.3, -0.25) is 4.79 Å². The van der Waals surface area contributed by atoms with Crippen molar-refractivity contribution in [1.82, 2.24) is 19.9 Å². The molecule has 1 aliphatic rings. The zero-order valence-electron chi connectivity index (χ0n) is 20.5. The Hall–Kier alpha value is -3.00. The van der Waals surface area contributed by atoms with E-state index in [9.17, 15) is 9.59 Å². The second-order valence-electron chi connectivity index (χ2n) is 9.06. The van der Waals surface area contributed by atoms with Crippen molar-refractivity contribution in [1.29, 1.82) is 0 Å². The molecule has 2 N–H and O–H groups in total. The standard InChI is InChI=1S/C23H28ClN5O3.C2H6/c1-23(2,3)32-22(31)26-16-8-6-12-28(14-16)21-27-18-10-11-25-20(30)19(18)29(21)13-15-7-4-5-9-17(15)24;1-2/h4-5,7,9-11,16H,6,8,12-14H2,1-3H3,(H,25,30)(H,26,31);1-2H3. The number of carbonyl (C=O) groups excluding carboxylic acids is 1. The monoisotopic (exact) mass is 487 g/mol. The minimum absolute atomic E-state index is 0.0783. The van der Waals surface area contributed by atoms with Gasteiger partial charge >= 0.3 is 6.09 Å². The van der Waals surface area contributed by atoms with Gasteiger partial charge in [0.2, 0.25) is 5.95 Å². The Labute approximate surface area is 205 Å². The molecule has 184 valence electrons. The SMILES string of the molecule is CC.CC(C)(C)OC(=O)NC1CCCN(c2nc3cc[nH]c(=O)c3n2Cc2ccccc2Cl)C1. The highest BCUT2D eigenvalue weighted by atomic mass is 35.5. The summed E-state index contributed by atoms with van der Waals surface area (Å²) in [6.45, 7) is 11.3. The van der Waals surface area contributed by atoms with Crippen molar-refractivity contribution in [2.45, 2.75) is 65.6 Å². The van der Waals surface area contributed by atoms with E-state index >= 15 is 0 Å². The van der Waals surface area contributed by atoms with Gasteiger partial charge in [-0.25, -0.2) is 9.78 Å². The van der Waals surface area contributed by atoms with E-state index in [1.54, 1.807) is 12.3 Å².